The number of aromatic nitrogens is 1. The molecule has 0 radical (unpaired) electrons. The van der Waals surface area contributed by atoms with Crippen molar-refractivity contribution in [2.45, 2.75) is 51.2 Å². The van der Waals surface area contributed by atoms with Gasteiger partial charge in [0, 0.05) is 50.5 Å². The molecule has 1 amide bonds. The van der Waals surface area contributed by atoms with Gasteiger partial charge in [-0.3, -0.25) is 14.6 Å². The van der Waals surface area contributed by atoms with Gasteiger partial charge >= 0.3 is 0 Å². The summed E-state index contributed by atoms with van der Waals surface area (Å²) in [5.74, 6) is 0.692. The minimum atomic E-state index is -3.55. The molecule has 9 nitrogen and oxygen atoms in total. The van der Waals surface area contributed by atoms with Gasteiger partial charge in [0.1, 0.15) is 5.76 Å². The van der Waals surface area contributed by atoms with E-state index in [2.05, 4.69) is 25.0 Å². The average molecular weight is 450 g/mol. The molecule has 1 aliphatic rings. The Kier molecular flexibility index (Phi) is 7.47. The van der Waals surface area contributed by atoms with Gasteiger partial charge in [-0.25, -0.2) is 13.1 Å². The first kappa shape index (κ1) is 23.4. The molecule has 170 valence electrons. The van der Waals surface area contributed by atoms with E-state index in [1.54, 1.807) is 26.0 Å². The van der Waals surface area contributed by atoms with E-state index in [4.69, 9.17) is 4.52 Å². The number of anilines is 1. The van der Waals surface area contributed by atoms with Crippen LogP contribution in [0.15, 0.2) is 39.8 Å². The van der Waals surface area contributed by atoms with Crippen LogP contribution in [0.25, 0.3) is 0 Å². The van der Waals surface area contributed by atoms with Crippen molar-refractivity contribution in [3.8, 4) is 0 Å². The fraction of sp³-hybridized carbons (Fsp3) is 0.524. The van der Waals surface area contributed by atoms with Crippen molar-refractivity contribution in [2.75, 3.05) is 31.5 Å². The molecular formula is C21H31N5O4S. The van der Waals surface area contributed by atoms with Crippen LogP contribution in [0.4, 0.5) is 5.69 Å². The SMILES string of the molecule is Cc1cc(CN2CCN([C@@H](C)C(=O)Nc3ccc(S(=O)(=O)NC(C)C)cc3)CC2)no1. The first-order chi connectivity index (χ1) is 14.6. The molecule has 2 heterocycles. The van der Waals surface area contributed by atoms with E-state index < -0.39 is 10.0 Å². The van der Waals surface area contributed by atoms with Gasteiger partial charge in [-0.1, -0.05) is 5.16 Å². The van der Waals surface area contributed by atoms with Crippen molar-refractivity contribution in [3.05, 3.63) is 41.8 Å². The van der Waals surface area contributed by atoms with E-state index in [0.29, 0.717) is 5.69 Å². The lowest BCUT2D eigenvalue weighted by Crippen LogP contribution is -2.52. The molecule has 31 heavy (non-hydrogen) atoms. The largest absolute Gasteiger partial charge is 0.361 e. The summed E-state index contributed by atoms with van der Waals surface area (Å²) in [6, 6.07) is 7.67. The predicted molar refractivity (Wildman–Crippen MR) is 118 cm³/mol. The number of carbonyl (C=O) groups is 1. The fourth-order valence-corrected chi connectivity index (χ4v) is 4.79. The minimum absolute atomic E-state index is 0.114. The number of nitrogens with one attached hydrogen (secondary N) is 2. The fourth-order valence-electron chi connectivity index (χ4n) is 3.54. The highest BCUT2D eigenvalue weighted by Gasteiger charge is 2.26. The van der Waals surface area contributed by atoms with Gasteiger partial charge in [0.15, 0.2) is 0 Å². The molecule has 0 spiro atoms. The van der Waals surface area contributed by atoms with Crippen molar-refractivity contribution >= 4 is 21.6 Å². The van der Waals surface area contributed by atoms with Crippen LogP contribution in [0.1, 0.15) is 32.2 Å². The van der Waals surface area contributed by atoms with Crippen LogP contribution in [0.3, 0.4) is 0 Å². The third kappa shape index (κ3) is 6.36. The van der Waals surface area contributed by atoms with Gasteiger partial charge in [0.25, 0.3) is 0 Å². The smallest absolute Gasteiger partial charge is 0.241 e. The maximum Gasteiger partial charge on any atom is 0.241 e. The summed E-state index contributed by atoms with van der Waals surface area (Å²) >= 11 is 0. The third-order valence-corrected chi connectivity index (χ3v) is 6.89. The molecule has 10 heteroatoms. The van der Waals surface area contributed by atoms with Crippen molar-refractivity contribution in [1.82, 2.24) is 19.7 Å². The van der Waals surface area contributed by atoms with E-state index in [0.717, 1.165) is 44.2 Å². The standard InChI is InChI=1S/C21H31N5O4S/c1-15(2)24-31(28,29)20-7-5-18(6-8-20)22-21(27)17(4)26-11-9-25(10-12-26)14-19-13-16(3)30-23-19/h5-8,13,15,17,24H,9-12,14H2,1-4H3,(H,22,27)/t17-/m0/s1. The molecule has 0 aliphatic carbocycles. The van der Waals surface area contributed by atoms with Gasteiger partial charge in [0.05, 0.1) is 16.6 Å². The zero-order valence-electron chi connectivity index (χ0n) is 18.5. The summed E-state index contributed by atoms with van der Waals surface area (Å²) in [4.78, 5) is 17.3. The molecule has 2 N–H and O–H groups in total. The highest BCUT2D eigenvalue weighted by molar-refractivity contribution is 7.89. The lowest BCUT2D eigenvalue weighted by Gasteiger charge is -2.37. The molecule has 1 aromatic heterocycles. The first-order valence-corrected chi connectivity index (χ1v) is 11.9. The molecule has 1 aliphatic heterocycles. The topological polar surface area (TPSA) is 108 Å². The van der Waals surface area contributed by atoms with Gasteiger partial charge in [-0.2, -0.15) is 0 Å². The summed E-state index contributed by atoms with van der Waals surface area (Å²) in [7, 11) is -3.55. The predicted octanol–water partition coefficient (Wildman–Crippen LogP) is 1.81. The van der Waals surface area contributed by atoms with Gasteiger partial charge < -0.3 is 9.84 Å². The maximum absolute atomic E-state index is 12.7. The highest BCUT2D eigenvalue weighted by atomic mass is 32.2. The number of carbonyl (C=O) groups excluding carboxylic acids is 1. The summed E-state index contributed by atoms with van der Waals surface area (Å²) in [5.41, 5.74) is 1.49. The van der Waals surface area contributed by atoms with E-state index in [9.17, 15) is 13.2 Å². The van der Waals surface area contributed by atoms with Crippen LogP contribution in [0, 0.1) is 6.92 Å². The average Bonchev–Trinajstić information content (AvgIpc) is 3.12. The molecule has 0 bridgehead atoms. The Morgan fingerprint density at radius 1 is 1.13 bits per heavy atom. The highest BCUT2D eigenvalue weighted by Crippen LogP contribution is 2.16. The van der Waals surface area contributed by atoms with Crippen LogP contribution < -0.4 is 10.0 Å². The summed E-state index contributed by atoms with van der Waals surface area (Å²) < 4.78 is 32.1. The molecule has 1 fully saturated rings. The van der Waals surface area contributed by atoms with Crippen LogP contribution in [-0.2, 0) is 21.4 Å². The van der Waals surface area contributed by atoms with Crippen LogP contribution in [0.2, 0.25) is 0 Å². The summed E-state index contributed by atoms with van der Waals surface area (Å²) in [5, 5.41) is 6.92. The van der Waals surface area contributed by atoms with Crippen LogP contribution in [0.5, 0.6) is 0 Å². The second-order valence-electron chi connectivity index (χ2n) is 8.21. The molecule has 2 aromatic rings. The van der Waals surface area contributed by atoms with E-state index >= 15 is 0 Å². The number of piperazine rings is 1. The maximum atomic E-state index is 12.7. The Hall–Kier alpha value is -2.27. The Labute approximate surface area is 183 Å². The number of hydrogen-bond donors (Lipinski definition) is 2. The van der Waals surface area contributed by atoms with E-state index in [-0.39, 0.29) is 22.9 Å². The number of amides is 1. The third-order valence-electron chi connectivity index (χ3n) is 5.22. The molecule has 1 atom stereocenters. The molecule has 0 unspecified atom stereocenters. The monoisotopic (exact) mass is 449 g/mol. The minimum Gasteiger partial charge on any atom is -0.361 e. The Balaban J connectivity index is 1.50. The Morgan fingerprint density at radius 3 is 2.32 bits per heavy atom. The molecule has 3 rings (SSSR count). The zero-order chi connectivity index (χ0) is 22.6. The van der Waals surface area contributed by atoms with Crippen molar-refractivity contribution in [3.63, 3.8) is 0 Å². The lowest BCUT2D eigenvalue weighted by atomic mass is 10.2. The first-order valence-electron chi connectivity index (χ1n) is 10.5. The Bertz CT molecular complexity index is 979. The quantitative estimate of drug-likeness (QED) is 0.633. The molecule has 1 saturated heterocycles. The summed E-state index contributed by atoms with van der Waals surface area (Å²) in [6.07, 6.45) is 0. The zero-order valence-corrected chi connectivity index (χ0v) is 19.3. The Morgan fingerprint density at radius 2 is 1.77 bits per heavy atom. The number of sulfonamides is 1. The number of aryl methyl sites for hydroxylation is 1. The molecular weight excluding hydrogens is 418 g/mol. The second kappa shape index (κ2) is 9.90. The van der Waals surface area contributed by atoms with Gasteiger partial charge in [0.2, 0.25) is 15.9 Å². The van der Waals surface area contributed by atoms with Crippen molar-refractivity contribution in [1.29, 1.82) is 0 Å². The summed E-state index contributed by atoms with van der Waals surface area (Å²) in [6.45, 7) is 11.3. The van der Waals surface area contributed by atoms with E-state index in [1.165, 1.54) is 12.1 Å². The van der Waals surface area contributed by atoms with Gasteiger partial charge in [-0.15, -0.1) is 0 Å². The number of hydrogen-bond acceptors (Lipinski definition) is 7. The van der Waals surface area contributed by atoms with Gasteiger partial charge in [-0.05, 0) is 52.0 Å². The lowest BCUT2D eigenvalue weighted by molar-refractivity contribution is -0.121. The van der Waals surface area contributed by atoms with Crippen molar-refractivity contribution < 1.29 is 17.7 Å². The number of nitrogens with zero attached hydrogens (tertiary/aromatic N) is 3. The molecule has 0 saturated carbocycles. The van der Waals surface area contributed by atoms with E-state index in [1.807, 2.05) is 19.9 Å². The van der Waals surface area contributed by atoms with Crippen LogP contribution >= 0.6 is 0 Å². The normalized spacial score (nSPS) is 17.1. The second-order valence-corrected chi connectivity index (χ2v) is 9.92. The number of benzene rings is 1. The van der Waals surface area contributed by atoms with Crippen LogP contribution in [-0.4, -0.2) is 67.5 Å². The number of rotatable bonds is 8. The van der Waals surface area contributed by atoms with Crippen molar-refractivity contribution in [2.24, 2.45) is 0 Å². The molecule has 1 aromatic carbocycles.